The van der Waals surface area contributed by atoms with Gasteiger partial charge in [-0.2, -0.15) is 0 Å². The minimum absolute atomic E-state index is 0.273. The molecule has 1 rings (SSSR count). The largest absolute Gasteiger partial charge is 0.468 e. The first-order valence-electron chi connectivity index (χ1n) is 4.70. The lowest BCUT2D eigenvalue weighted by Gasteiger charge is -2.09. The number of aromatic nitrogens is 1. The summed E-state index contributed by atoms with van der Waals surface area (Å²) in [5, 5.41) is -0.713. The van der Waals surface area contributed by atoms with Gasteiger partial charge in [0.15, 0.2) is 5.82 Å². The van der Waals surface area contributed by atoms with Crippen molar-refractivity contribution in [3.05, 3.63) is 24.1 Å². The van der Waals surface area contributed by atoms with Crippen molar-refractivity contribution in [2.45, 2.75) is 9.85 Å². The van der Waals surface area contributed by atoms with Gasteiger partial charge in [0.2, 0.25) is 5.03 Å². The van der Waals surface area contributed by atoms with Crippen LogP contribution in [0.25, 0.3) is 0 Å². The lowest BCUT2D eigenvalue weighted by atomic mass is 10.4. The third-order valence-corrected chi connectivity index (χ3v) is 3.94. The molecule has 0 amide bonds. The molecule has 1 aromatic heterocycles. The molecule has 9 heteroatoms. The van der Waals surface area contributed by atoms with Crippen molar-refractivity contribution >= 4 is 31.9 Å². The van der Waals surface area contributed by atoms with Crippen molar-refractivity contribution in [2.75, 3.05) is 13.7 Å². The Hall–Kier alpha value is -1.06. The fourth-order valence-corrected chi connectivity index (χ4v) is 2.64. The first kappa shape index (κ1) is 15.0. The summed E-state index contributed by atoms with van der Waals surface area (Å²) in [6.07, 6.45) is 1.16. The van der Waals surface area contributed by atoms with Crippen LogP contribution in [-0.4, -0.2) is 37.9 Å². The number of alkyl halides is 1. The van der Waals surface area contributed by atoms with E-state index in [1.807, 2.05) is 0 Å². The summed E-state index contributed by atoms with van der Waals surface area (Å²) < 4.78 is 43.1. The smallest absolute Gasteiger partial charge is 0.320 e. The molecule has 0 aliphatic carbocycles. The van der Waals surface area contributed by atoms with Gasteiger partial charge in [-0.05, 0) is 12.1 Å². The predicted molar refractivity (Wildman–Crippen MR) is 64.1 cm³/mol. The van der Waals surface area contributed by atoms with Gasteiger partial charge in [0.05, 0.1) is 7.11 Å². The second-order valence-corrected chi connectivity index (χ2v) is 5.92. The summed E-state index contributed by atoms with van der Waals surface area (Å²) in [5.41, 5.74) is 0. The average molecular weight is 341 g/mol. The number of esters is 1. The Balaban J connectivity index is 2.78. The molecular formula is C9H10BrFN2O4S. The highest BCUT2D eigenvalue weighted by Gasteiger charge is 2.23. The summed E-state index contributed by atoms with van der Waals surface area (Å²) in [5.74, 6) is -1.60. The van der Waals surface area contributed by atoms with Crippen molar-refractivity contribution in [2.24, 2.45) is 0 Å². The number of methoxy groups -OCH3 is 1. The van der Waals surface area contributed by atoms with Crippen molar-refractivity contribution in [3.8, 4) is 0 Å². The van der Waals surface area contributed by atoms with Crippen LogP contribution in [0.1, 0.15) is 0 Å². The molecule has 0 bridgehead atoms. The number of rotatable bonds is 5. The van der Waals surface area contributed by atoms with E-state index in [4.69, 9.17) is 0 Å². The van der Waals surface area contributed by atoms with Gasteiger partial charge in [0, 0.05) is 12.7 Å². The van der Waals surface area contributed by atoms with E-state index in [0.29, 0.717) is 0 Å². The summed E-state index contributed by atoms with van der Waals surface area (Å²) in [4.78, 5) is 13.6. The molecule has 1 unspecified atom stereocenters. The first-order valence-corrected chi connectivity index (χ1v) is 7.10. The van der Waals surface area contributed by atoms with E-state index >= 15 is 0 Å². The molecule has 0 aliphatic rings. The molecule has 0 fully saturated rings. The molecule has 1 aromatic rings. The second kappa shape index (κ2) is 6.21. The number of nitrogens with zero attached hydrogens (tertiary/aromatic N) is 1. The second-order valence-electron chi connectivity index (χ2n) is 3.13. The van der Waals surface area contributed by atoms with Crippen LogP contribution in [0.5, 0.6) is 0 Å². The van der Waals surface area contributed by atoms with E-state index in [1.165, 1.54) is 13.2 Å². The van der Waals surface area contributed by atoms with Crippen molar-refractivity contribution in [1.82, 2.24) is 9.71 Å². The number of sulfonamides is 1. The Morgan fingerprint density at radius 3 is 2.89 bits per heavy atom. The molecule has 0 saturated heterocycles. The third-order valence-electron chi connectivity index (χ3n) is 1.89. The normalized spacial score (nSPS) is 13.1. The summed E-state index contributed by atoms with van der Waals surface area (Å²) in [7, 11) is -2.93. The Bertz CT molecular complexity index is 537. The zero-order valence-corrected chi connectivity index (χ0v) is 11.7. The molecular weight excluding hydrogens is 331 g/mol. The van der Waals surface area contributed by atoms with Gasteiger partial charge < -0.3 is 4.74 Å². The van der Waals surface area contributed by atoms with Gasteiger partial charge in [-0.15, -0.1) is 0 Å². The molecule has 0 saturated carbocycles. The van der Waals surface area contributed by atoms with Crippen molar-refractivity contribution < 1.29 is 22.3 Å². The summed E-state index contributed by atoms with van der Waals surface area (Å²) in [6.45, 7) is -0.273. The van der Waals surface area contributed by atoms with E-state index in [1.54, 1.807) is 0 Å². The lowest BCUT2D eigenvalue weighted by Crippen LogP contribution is -2.34. The quantitative estimate of drug-likeness (QED) is 0.620. The highest BCUT2D eigenvalue weighted by Crippen LogP contribution is 2.10. The van der Waals surface area contributed by atoms with E-state index in [2.05, 4.69) is 30.4 Å². The fraction of sp³-hybridized carbons (Fsp3) is 0.333. The van der Waals surface area contributed by atoms with Crippen LogP contribution in [0.15, 0.2) is 23.4 Å². The number of ether oxygens (including phenoxy) is 1. The lowest BCUT2D eigenvalue weighted by molar-refractivity contribution is -0.139. The maximum Gasteiger partial charge on any atom is 0.320 e. The molecule has 1 N–H and O–H groups in total. The predicted octanol–water partition coefficient (Wildman–Crippen LogP) is 0.435. The number of hydrogen-bond acceptors (Lipinski definition) is 5. The van der Waals surface area contributed by atoms with Gasteiger partial charge >= 0.3 is 5.97 Å². The average Bonchev–Trinajstić information content (AvgIpc) is 2.35. The number of carbonyl (C=O) groups excluding carboxylic acids is 1. The number of pyridine rings is 1. The van der Waals surface area contributed by atoms with E-state index in [-0.39, 0.29) is 6.54 Å². The zero-order valence-electron chi connectivity index (χ0n) is 9.26. The number of hydrogen-bond donors (Lipinski definition) is 1. The molecule has 0 spiro atoms. The van der Waals surface area contributed by atoms with Crippen LogP contribution in [-0.2, 0) is 19.6 Å². The van der Waals surface area contributed by atoms with E-state index < -0.39 is 31.7 Å². The fourth-order valence-electron chi connectivity index (χ4n) is 1.03. The maximum atomic E-state index is 13.2. The van der Waals surface area contributed by atoms with Crippen LogP contribution >= 0.6 is 15.9 Å². The number of carbonyl (C=O) groups is 1. The van der Waals surface area contributed by atoms with Gasteiger partial charge in [-0.1, -0.05) is 15.9 Å². The first-order chi connectivity index (χ1) is 8.38. The summed E-state index contributed by atoms with van der Waals surface area (Å²) in [6, 6.07) is 2.25. The Morgan fingerprint density at radius 2 is 2.33 bits per heavy atom. The molecule has 0 radical (unpaired) electrons. The topological polar surface area (TPSA) is 85.4 Å². The van der Waals surface area contributed by atoms with E-state index in [0.717, 1.165) is 12.3 Å². The SMILES string of the molecule is COC(=O)C(Br)CNS(=O)(=O)c1ncccc1F. The van der Waals surface area contributed by atoms with Crippen LogP contribution in [0.4, 0.5) is 4.39 Å². The Kier molecular flexibility index (Phi) is 5.17. The minimum Gasteiger partial charge on any atom is -0.468 e. The molecule has 1 atom stereocenters. The molecule has 0 aliphatic heterocycles. The van der Waals surface area contributed by atoms with Crippen LogP contribution in [0, 0.1) is 5.82 Å². The molecule has 6 nitrogen and oxygen atoms in total. The van der Waals surface area contributed by atoms with Crippen LogP contribution in [0.3, 0.4) is 0 Å². The molecule has 18 heavy (non-hydrogen) atoms. The number of nitrogens with one attached hydrogen (secondary N) is 1. The maximum absolute atomic E-state index is 13.2. The van der Waals surface area contributed by atoms with Gasteiger partial charge in [0.25, 0.3) is 10.0 Å². The van der Waals surface area contributed by atoms with Crippen molar-refractivity contribution in [1.29, 1.82) is 0 Å². The Morgan fingerprint density at radius 1 is 1.67 bits per heavy atom. The zero-order chi connectivity index (χ0) is 13.8. The van der Waals surface area contributed by atoms with Crippen LogP contribution < -0.4 is 4.72 Å². The standard InChI is InChI=1S/C9H10BrFN2O4S/c1-17-9(14)6(10)5-13-18(15,16)8-7(11)3-2-4-12-8/h2-4,6,13H,5H2,1H3. The van der Waals surface area contributed by atoms with Crippen LogP contribution in [0.2, 0.25) is 0 Å². The Labute approximate surface area is 112 Å². The van der Waals surface area contributed by atoms with Crippen molar-refractivity contribution in [3.63, 3.8) is 0 Å². The highest BCUT2D eigenvalue weighted by molar-refractivity contribution is 9.10. The minimum atomic E-state index is -4.10. The van der Waals surface area contributed by atoms with Gasteiger partial charge in [-0.3, -0.25) is 4.79 Å². The summed E-state index contributed by atoms with van der Waals surface area (Å²) >= 11 is 2.93. The highest BCUT2D eigenvalue weighted by atomic mass is 79.9. The number of halogens is 2. The molecule has 0 aromatic carbocycles. The molecule has 1 heterocycles. The van der Waals surface area contributed by atoms with Gasteiger partial charge in [-0.25, -0.2) is 22.5 Å². The van der Waals surface area contributed by atoms with Gasteiger partial charge in [0.1, 0.15) is 4.83 Å². The van der Waals surface area contributed by atoms with E-state index in [9.17, 15) is 17.6 Å². The third kappa shape index (κ3) is 3.72. The monoisotopic (exact) mass is 340 g/mol. The molecule has 100 valence electrons.